The molecule has 0 saturated heterocycles. The molecule has 1 aromatic carbocycles. The second kappa shape index (κ2) is 5.69. The van der Waals surface area contributed by atoms with E-state index < -0.39 is 0 Å². The second-order valence-corrected chi connectivity index (χ2v) is 5.44. The summed E-state index contributed by atoms with van der Waals surface area (Å²) in [7, 11) is 2.04. The van der Waals surface area contributed by atoms with E-state index in [1.807, 2.05) is 30.9 Å². The molecule has 88 valence electrons. The Hall–Kier alpha value is -0.540. The molecule has 2 rings (SSSR count). The Morgan fingerprint density at radius 2 is 2.06 bits per heavy atom. The van der Waals surface area contributed by atoms with E-state index in [1.54, 1.807) is 0 Å². The highest BCUT2D eigenvalue weighted by Gasteiger charge is 2.25. The Bertz CT molecular complexity index is 321. The molecule has 0 bridgehead atoms. The summed E-state index contributed by atoms with van der Waals surface area (Å²) in [6, 6.07) is 7.37. The van der Waals surface area contributed by atoms with Crippen molar-refractivity contribution in [3.05, 3.63) is 30.1 Å². The number of rotatable bonds is 5. The molecule has 1 nitrogen and oxygen atoms in total. The van der Waals surface area contributed by atoms with Crippen molar-refractivity contribution in [2.45, 2.75) is 30.2 Å². The summed E-state index contributed by atoms with van der Waals surface area (Å²) in [5.41, 5.74) is 0. The van der Waals surface area contributed by atoms with E-state index in [0.29, 0.717) is 6.04 Å². The number of hydrogen-bond acceptors (Lipinski definition) is 2. The number of thioether (sulfide) groups is 1. The lowest BCUT2D eigenvalue weighted by atomic mass is 9.80. The maximum absolute atomic E-state index is 12.7. The van der Waals surface area contributed by atoms with Crippen LogP contribution in [0.1, 0.15) is 19.3 Å². The zero-order valence-electron chi connectivity index (χ0n) is 9.58. The number of benzene rings is 1. The topological polar surface area (TPSA) is 12.0 Å². The first-order chi connectivity index (χ1) is 7.79. The van der Waals surface area contributed by atoms with Crippen molar-refractivity contribution in [3.8, 4) is 0 Å². The zero-order valence-corrected chi connectivity index (χ0v) is 10.4. The molecule has 1 atom stereocenters. The lowest BCUT2D eigenvalue weighted by Crippen LogP contribution is -2.39. The van der Waals surface area contributed by atoms with Crippen LogP contribution >= 0.6 is 11.8 Å². The van der Waals surface area contributed by atoms with Gasteiger partial charge in [0.05, 0.1) is 0 Å². The molecule has 1 aromatic rings. The van der Waals surface area contributed by atoms with Crippen LogP contribution in [-0.2, 0) is 0 Å². The Balaban J connectivity index is 1.83. The minimum atomic E-state index is -0.159. The molecule has 0 heterocycles. The lowest BCUT2D eigenvalue weighted by molar-refractivity contribution is 0.252. The molecule has 0 aromatic heterocycles. The van der Waals surface area contributed by atoms with Crippen LogP contribution in [0.2, 0.25) is 0 Å². The monoisotopic (exact) mass is 239 g/mol. The average molecular weight is 239 g/mol. The van der Waals surface area contributed by atoms with Gasteiger partial charge in [-0.05, 0) is 50.1 Å². The molecule has 3 heteroatoms. The van der Waals surface area contributed by atoms with Gasteiger partial charge in [0.15, 0.2) is 0 Å². The van der Waals surface area contributed by atoms with Crippen molar-refractivity contribution < 1.29 is 4.39 Å². The van der Waals surface area contributed by atoms with Gasteiger partial charge in [-0.3, -0.25) is 0 Å². The molecular formula is C13H18FNS. The van der Waals surface area contributed by atoms with Gasteiger partial charge in [0.2, 0.25) is 0 Å². The highest BCUT2D eigenvalue weighted by Crippen LogP contribution is 2.32. The van der Waals surface area contributed by atoms with Crippen molar-refractivity contribution in [1.82, 2.24) is 5.32 Å². The molecule has 1 unspecified atom stereocenters. The van der Waals surface area contributed by atoms with Crippen LogP contribution in [0.3, 0.4) is 0 Å². The van der Waals surface area contributed by atoms with Crippen LogP contribution in [0.5, 0.6) is 0 Å². The first kappa shape index (κ1) is 11.9. The van der Waals surface area contributed by atoms with Crippen molar-refractivity contribution in [3.63, 3.8) is 0 Å². The molecule has 1 aliphatic carbocycles. The fourth-order valence-corrected chi connectivity index (χ4v) is 3.15. The van der Waals surface area contributed by atoms with Gasteiger partial charge in [-0.15, -0.1) is 11.8 Å². The minimum absolute atomic E-state index is 0.159. The van der Waals surface area contributed by atoms with Gasteiger partial charge in [-0.2, -0.15) is 0 Å². The van der Waals surface area contributed by atoms with Crippen LogP contribution in [0.4, 0.5) is 4.39 Å². The van der Waals surface area contributed by atoms with Gasteiger partial charge in [-0.25, -0.2) is 4.39 Å². The van der Waals surface area contributed by atoms with Crippen molar-refractivity contribution in [2.75, 3.05) is 12.8 Å². The Kier molecular flexibility index (Phi) is 4.24. The summed E-state index contributed by atoms with van der Waals surface area (Å²) < 4.78 is 12.7. The first-order valence-electron chi connectivity index (χ1n) is 5.85. The predicted molar refractivity (Wildman–Crippen MR) is 67.3 cm³/mol. The minimum Gasteiger partial charge on any atom is -0.316 e. The third-order valence-electron chi connectivity index (χ3n) is 3.33. The molecule has 0 aliphatic heterocycles. The fraction of sp³-hybridized carbons (Fsp3) is 0.538. The van der Waals surface area contributed by atoms with Crippen LogP contribution in [0.25, 0.3) is 0 Å². The number of nitrogens with one attached hydrogen (secondary N) is 1. The quantitative estimate of drug-likeness (QED) is 0.791. The average Bonchev–Trinajstić information content (AvgIpc) is 2.23. The van der Waals surface area contributed by atoms with Crippen molar-refractivity contribution >= 4 is 11.8 Å². The van der Waals surface area contributed by atoms with Crippen molar-refractivity contribution in [2.24, 2.45) is 5.92 Å². The lowest BCUT2D eigenvalue weighted by Gasteiger charge is -2.33. The van der Waals surface area contributed by atoms with E-state index in [9.17, 15) is 4.39 Å². The molecule has 0 spiro atoms. The third-order valence-corrected chi connectivity index (χ3v) is 4.46. The molecule has 1 aliphatic rings. The smallest absolute Gasteiger partial charge is 0.123 e. The SMILES string of the molecule is CNC(CSc1ccc(F)cc1)C1CCC1. The fourth-order valence-electron chi connectivity index (χ4n) is 2.01. The Morgan fingerprint density at radius 3 is 2.56 bits per heavy atom. The molecule has 16 heavy (non-hydrogen) atoms. The molecule has 1 fully saturated rings. The van der Waals surface area contributed by atoms with E-state index in [1.165, 1.54) is 31.4 Å². The van der Waals surface area contributed by atoms with E-state index in [0.717, 1.165) is 16.6 Å². The van der Waals surface area contributed by atoms with Crippen LogP contribution in [0.15, 0.2) is 29.2 Å². The zero-order chi connectivity index (χ0) is 11.4. The normalized spacial score (nSPS) is 18.1. The highest BCUT2D eigenvalue weighted by atomic mass is 32.2. The van der Waals surface area contributed by atoms with Crippen LogP contribution < -0.4 is 5.32 Å². The summed E-state index contributed by atoms with van der Waals surface area (Å²) in [6.45, 7) is 0. The summed E-state index contributed by atoms with van der Waals surface area (Å²) in [6.07, 6.45) is 4.09. The van der Waals surface area contributed by atoms with Crippen LogP contribution in [-0.4, -0.2) is 18.8 Å². The Morgan fingerprint density at radius 1 is 1.38 bits per heavy atom. The summed E-state index contributed by atoms with van der Waals surface area (Å²) in [5, 5.41) is 3.39. The van der Waals surface area contributed by atoms with Gasteiger partial charge in [0, 0.05) is 16.7 Å². The van der Waals surface area contributed by atoms with Gasteiger partial charge in [0.25, 0.3) is 0 Å². The molecule has 0 radical (unpaired) electrons. The molecule has 1 saturated carbocycles. The molecular weight excluding hydrogens is 221 g/mol. The summed E-state index contributed by atoms with van der Waals surface area (Å²) in [4.78, 5) is 1.15. The van der Waals surface area contributed by atoms with Gasteiger partial charge >= 0.3 is 0 Å². The third kappa shape index (κ3) is 2.98. The number of halogens is 1. The first-order valence-corrected chi connectivity index (χ1v) is 6.84. The second-order valence-electron chi connectivity index (χ2n) is 4.35. The standard InChI is InChI=1S/C13H18FNS/c1-15-13(10-3-2-4-10)9-16-12-7-5-11(14)6-8-12/h5-8,10,13,15H,2-4,9H2,1H3. The molecule has 0 amide bonds. The molecule has 1 N–H and O–H groups in total. The summed E-state index contributed by atoms with van der Waals surface area (Å²) in [5.74, 6) is 1.76. The Labute approximate surface area is 101 Å². The van der Waals surface area contributed by atoms with Gasteiger partial charge in [-0.1, -0.05) is 6.42 Å². The van der Waals surface area contributed by atoms with Gasteiger partial charge < -0.3 is 5.32 Å². The van der Waals surface area contributed by atoms with Crippen LogP contribution in [0, 0.1) is 11.7 Å². The van der Waals surface area contributed by atoms with E-state index in [2.05, 4.69) is 5.32 Å². The highest BCUT2D eigenvalue weighted by molar-refractivity contribution is 7.99. The maximum atomic E-state index is 12.7. The predicted octanol–water partition coefficient (Wildman–Crippen LogP) is 3.31. The van der Waals surface area contributed by atoms with E-state index >= 15 is 0 Å². The van der Waals surface area contributed by atoms with Crippen molar-refractivity contribution in [1.29, 1.82) is 0 Å². The number of hydrogen-bond donors (Lipinski definition) is 1. The maximum Gasteiger partial charge on any atom is 0.123 e. The van der Waals surface area contributed by atoms with E-state index in [4.69, 9.17) is 0 Å². The van der Waals surface area contributed by atoms with E-state index in [-0.39, 0.29) is 5.82 Å². The van der Waals surface area contributed by atoms with Gasteiger partial charge in [0.1, 0.15) is 5.82 Å². The summed E-state index contributed by atoms with van der Waals surface area (Å²) >= 11 is 1.81. The largest absolute Gasteiger partial charge is 0.316 e.